The van der Waals surface area contributed by atoms with Gasteiger partial charge in [0.25, 0.3) is 0 Å². The minimum atomic E-state index is -2.96. The van der Waals surface area contributed by atoms with Crippen LogP contribution in [0.5, 0.6) is 5.75 Å². The summed E-state index contributed by atoms with van der Waals surface area (Å²) in [6, 6.07) is 12.2. The molecule has 1 amide bonds. The SMILES string of the molecule is Cc1ccc(C)c(-n2ccnc2SCC(=O)Nc2ccccc2OC(F)F)c1. The number of benzene rings is 2. The zero-order valence-corrected chi connectivity index (χ0v) is 16.2. The Hall–Kier alpha value is -2.87. The fourth-order valence-electron chi connectivity index (χ4n) is 2.64. The van der Waals surface area contributed by atoms with Gasteiger partial charge in [0.15, 0.2) is 5.16 Å². The highest BCUT2D eigenvalue weighted by Gasteiger charge is 2.14. The number of hydrogen-bond donors (Lipinski definition) is 1. The van der Waals surface area contributed by atoms with E-state index >= 15 is 0 Å². The molecule has 5 nitrogen and oxygen atoms in total. The third-order valence-corrected chi connectivity index (χ3v) is 4.91. The number of amides is 1. The van der Waals surface area contributed by atoms with Gasteiger partial charge < -0.3 is 10.1 Å². The third-order valence-electron chi connectivity index (χ3n) is 3.94. The van der Waals surface area contributed by atoms with Crippen molar-refractivity contribution in [2.45, 2.75) is 25.6 Å². The smallest absolute Gasteiger partial charge is 0.387 e. The van der Waals surface area contributed by atoms with Gasteiger partial charge in [0.1, 0.15) is 5.75 Å². The van der Waals surface area contributed by atoms with Crippen LogP contribution in [0, 0.1) is 13.8 Å². The summed E-state index contributed by atoms with van der Waals surface area (Å²) < 4.78 is 31.3. The highest BCUT2D eigenvalue weighted by Crippen LogP contribution is 2.27. The Morgan fingerprint density at radius 1 is 1.25 bits per heavy atom. The molecule has 146 valence electrons. The molecule has 0 saturated heterocycles. The minimum absolute atomic E-state index is 0.0743. The molecule has 1 heterocycles. The number of nitrogens with zero attached hydrogens (tertiary/aromatic N) is 2. The molecule has 0 saturated carbocycles. The maximum absolute atomic E-state index is 12.5. The first-order valence-corrected chi connectivity index (χ1v) is 9.50. The number of anilines is 1. The van der Waals surface area contributed by atoms with Crippen molar-refractivity contribution in [1.82, 2.24) is 9.55 Å². The van der Waals surface area contributed by atoms with E-state index in [2.05, 4.69) is 21.1 Å². The van der Waals surface area contributed by atoms with Gasteiger partial charge in [-0.25, -0.2) is 4.98 Å². The number of thioether (sulfide) groups is 1. The van der Waals surface area contributed by atoms with Gasteiger partial charge in [0, 0.05) is 12.4 Å². The third kappa shape index (κ3) is 4.89. The van der Waals surface area contributed by atoms with Crippen LogP contribution in [0.3, 0.4) is 0 Å². The topological polar surface area (TPSA) is 56.2 Å². The normalized spacial score (nSPS) is 10.9. The molecule has 1 aromatic heterocycles. The highest BCUT2D eigenvalue weighted by molar-refractivity contribution is 7.99. The van der Waals surface area contributed by atoms with Crippen molar-refractivity contribution >= 4 is 23.4 Å². The Balaban J connectivity index is 1.69. The molecule has 3 rings (SSSR count). The fourth-order valence-corrected chi connectivity index (χ4v) is 3.41. The summed E-state index contributed by atoms with van der Waals surface area (Å²) in [6.45, 7) is 1.06. The van der Waals surface area contributed by atoms with E-state index in [4.69, 9.17) is 0 Å². The van der Waals surface area contributed by atoms with Gasteiger partial charge in [-0.1, -0.05) is 36.0 Å². The first-order valence-electron chi connectivity index (χ1n) is 8.51. The predicted octanol–water partition coefficient (Wildman–Crippen LogP) is 4.82. The lowest BCUT2D eigenvalue weighted by Gasteiger charge is -2.13. The molecule has 28 heavy (non-hydrogen) atoms. The van der Waals surface area contributed by atoms with E-state index in [0.29, 0.717) is 5.16 Å². The van der Waals surface area contributed by atoms with E-state index in [-0.39, 0.29) is 23.1 Å². The van der Waals surface area contributed by atoms with Crippen molar-refractivity contribution in [1.29, 1.82) is 0 Å². The molecule has 0 aliphatic carbocycles. The Labute approximate surface area is 165 Å². The summed E-state index contributed by atoms with van der Waals surface area (Å²) in [5, 5.41) is 3.27. The van der Waals surface area contributed by atoms with Crippen molar-refractivity contribution in [3.8, 4) is 11.4 Å². The van der Waals surface area contributed by atoms with Gasteiger partial charge in [0.05, 0.1) is 17.1 Å². The molecular weight excluding hydrogens is 384 g/mol. The molecule has 0 atom stereocenters. The summed E-state index contributed by atoms with van der Waals surface area (Å²) in [5.74, 6) is -0.344. The second-order valence-corrected chi connectivity index (χ2v) is 7.02. The molecule has 2 aromatic carbocycles. The monoisotopic (exact) mass is 403 g/mol. The van der Waals surface area contributed by atoms with Crippen LogP contribution >= 0.6 is 11.8 Å². The lowest BCUT2D eigenvalue weighted by atomic mass is 10.1. The van der Waals surface area contributed by atoms with E-state index in [1.54, 1.807) is 18.3 Å². The molecule has 0 aliphatic rings. The molecule has 0 unspecified atom stereocenters. The Morgan fingerprint density at radius 3 is 2.82 bits per heavy atom. The molecule has 3 aromatic rings. The molecule has 0 radical (unpaired) electrons. The number of carbonyl (C=O) groups is 1. The van der Waals surface area contributed by atoms with Gasteiger partial charge in [-0.05, 0) is 43.2 Å². The number of nitrogens with one attached hydrogen (secondary N) is 1. The quantitative estimate of drug-likeness (QED) is 0.575. The number of rotatable bonds is 7. The number of aromatic nitrogens is 2. The van der Waals surface area contributed by atoms with Crippen LogP contribution in [0.1, 0.15) is 11.1 Å². The van der Waals surface area contributed by atoms with Crippen LogP contribution in [0.15, 0.2) is 60.0 Å². The zero-order chi connectivity index (χ0) is 20.1. The number of carbonyl (C=O) groups excluding carboxylic acids is 1. The first kappa shape index (κ1) is 19.9. The minimum Gasteiger partial charge on any atom is -0.433 e. The number of halogens is 2. The number of aryl methyl sites for hydroxylation is 2. The second-order valence-electron chi connectivity index (χ2n) is 6.08. The zero-order valence-electron chi connectivity index (χ0n) is 15.4. The number of para-hydroxylation sites is 2. The van der Waals surface area contributed by atoms with Gasteiger partial charge in [-0.3, -0.25) is 9.36 Å². The van der Waals surface area contributed by atoms with E-state index in [9.17, 15) is 13.6 Å². The van der Waals surface area contributed by atoms with Crippen molar-refractivity contribution in [2.24, 2.45) is 0 Å². The number of imidazole rings is 1. The summed E-state index contributed by atoms with van der Waals surface area (Å²) in [7, 11) is 0. The van der Waals surface area contributed by atoms with Crippen LogP contribution in [0.2, 0.25) is 0 Å². The predicted molar refractivity (Wildman–Crippen MR) is 105 cm³/mol. The molecule has 0 fully saturated rings. The van der Waals surface area contributed by atoms with E-state index < -0.39 is 6.61 Å². The molecule has 1 N–H and O–H groups in total. The average molecular weight is 403 g/mol. The second kappa shape index (κ2) is 8.88. The maximum Gasteiger partial charge on any atom is 0.387 e. The molecule has 0 bridgehead atoms. The van der Waals surface area contributed by atoms with E-state index in [1.807, 2.05) is 36.7 Å². The van der Waals surface area contributed by atoms with Crippen molar-refractivity contribution in [3.63, 3.8) is 0 Å². The molecule has 8 heteroatoms. The molecule has 0 spiro atoms. The molecule has 0 aliphatic heterocycles. The van der Waals surface area contributed by atoms with Gasteiger partial charge in [0.2, 0.25) is 5.91 Å². The van der Waals surface area contributed by atoms with E-state index in [1.165, 1.54) is 23.9 Å². The number of ether oxygens (including phenoxy) is 1. The summed E-state index contributed by atoms with van der Waals surface area (Å²) in [5.41, 5.74) is 3.41. The van der Waals surface area contributed by atoms with Crippen LogP contribution in [-0.2, 0) is 4.79 Å². The first-order chi connectivity index (χ1) is 13.4. The lowest BCUT2D eigenvalue weighted by Crippen LogP contribution is -2.16. The summed E-state index contributed by atoms with van der Waals surface area (Å²) in [6.07, 6.45) is 3.52. The van der Waals surface area contributed by atoms with Crippen LogP contribution in [-0.4, -0.2) is 27.8 Å². The van der Waals surface area contributed by atoms with Gasteiger partial charge in [-0.2, -0.15) is 8.78 Å². The van der Waals surface area contributed by atoms with E-state index in [0.717, 1.165) is 16.8 Å². The largest absolute Gasteiger partial charge is 0.433 e. The number of hydrogen-bond acceptors (Lipinski definition) is 4. The van der Waals surface area contributed by atoms with Crippen LogP contribution in [0.25, 0.3) is 5.69 Å². The van der Waals surface area contributed by atoms with Gasteiger partial charge >= 0.3 is 6.61 Å². The Morgan fingerprint density at radius 2 is 2.04 bits per heavy atom. The number of alkyl halides is 2. The van der Waals surface area contributed by atoms with Crippen LogP contribution < -0.4 is 10.1 Å². The lowest BCUT2D eigenvalue weighted by molar-refractivity contribution is -0.113. The maximum atomic E-state index is 12.5. The van der Waals surface area contributed by atoms with Gasteiger partial charge in [-0.15, -0.1) is 0 Å². The summed E-state index contributed by atoms with van der Waals surface area (Å²) >= 11 is 1.26. The van der Waals surface area contributed by atoms with Crippen molar-refractivity contribution in [2.75, 3.05) is 11.1 Å². The Kier molecular flexibility index (Phi) is 6.30. The highest BCUT2D eigenvalue weighted by atomic mass is 32.2. The van der Waals surface area contributed by atoms with Crippen molar-refractivity contribution in [3.05, 3.63) is 66.0 Å². The summed E-state index contributed by atoms with van der Waals surface area (Å²) in [4.78, 5) is 16.6. The fraction of sp³-hybridized carbons (Fsp3) is 0.200. The van der Waals surface area contributed by atoms with Crippen LogP contribution in [0.4, 0.5) is 14.5 Å². The molecular formula is C20H19F2N3O2S. The standard InChI is InChI=1S/C20H19F2N3O2S/c1-13-7-8-14(2)16(11-13)25-10-9-23-20(25)28-12-18(26)24-15-5-3-4-6-17(15)27-19(21)22/h3-11,19H,12H2,1-2H3,(H,24,26). The average Bonchev–Trinajstić information content (AvgIpc) is 3.11. The van der Waals surface area contributed by atoms with Crippen molar-refractivity contribution < 1.29 is 18.3 Å². The Bertz CT molecular complexity index is 976.